The van der Waals surface area contributed by atoms with Crippen molar-refractivity contribution in [3.8, 4) is 0 Å². The molecule has 0 heterocycles. The van der Waals surface area contributed by atoms with Crippen molar-refractivity contribution in [1.82, 2.24) is 0 Å². The van der Waals surface area contributed by atoms with E-state index < -0.39 is 0 Å². The van der Waals surface area contributed by atoms with Gasteiger partial charge in [-0.3, -0.25) is 0 Å². The first kappa shape index (κ1) is 15.8. The Morgan fingerprint density at radius 1 is 1.14 bits per heavy atom. The fraction of sp³-hybridized carbons (Fsp3) is 1.00. The summed E-state index contributed by atoms with van der Waals surface area (Å²) >= 11 is 0.300. The van der Waals surface area contributed by atoms with Gasteiger partial charge < -0.3 is 10.2 Å². The molecule has 0 amide bonds. The Kier molecular flexibility index (Phi) is 59.2. The average Bonchev–Trinajstić information content (AvgIpc) is 1.72. The van der Waals surface area contributed by atoms with Crippen LogP contribution in [0.5, 0.6) is 0 Å². The molecule has 3 nitrogen and oxygen atoms in total. The van der Waals surface area contributed by atoms with Crippen molar-refractivity contribution in [3.05, 3.63) is 0 Å². The molecule has 0 saturated heterocycles. The summed E-state index contributed by atoms with van der Waals surface area (Å²) in [5.41, 5.74) is 0. The van der Waals surface area contributed by atoms with Gasteiger partial charge in [-0.05, 0) is 0 Å². The fourth-order valence-electron chi connectivity index (χ4n) is 0. The van der Waals surface area contributed by atoms with Gasteiger partial charge in [0.1, 0.15) is 0 Å². The van der Waals surface area contributed by atoms with Gasteiger partial charge in [-0.2, -0.15) is 0 Å². The molecule has 0 saturated carbocycles. The van der Waals surface area contributed by atoms with Gasteiger partial charge in [-0.1, -0.05) is 0 Å². The zero-order chi connectivity index (χ0) is 5.41. The van der Waals surface area contributed by atoms with Crippen LogP contribution in [0.1, 0.15) is 0 Å². The van der Waals surface area contributed by atoms with Crippen LogP contribution in [-0.2, 0) is 3.08 Å². The van der Waals surface area contributed by atoms with Crippen LogP contribution in [0.15, 0.2) is 0 Å². The molecule has 2 radical (unpaired) electrons. The molecule has 0 unspecified atom stereocenters. The SMILES string of the molecule is OCCO.[InH3].[O]=[Sn]. The van der Waals surface area contributed by atoms with Crippen molar-refractivity contribution in [2.45, 2.75) is 0 Å². The maximum atomic E-state index is 8.34. The van der Waals surface area contributed by atoms with Gasteiger partial charge in [0.25, 0.3) is 0 Å². The Hall–Kier alpha value is 1.39. The second kappa shape index (κ2) is 26.3. The summed E-state index contributed by atoms with van der Waals surface area (Å²) in [6.45, 7) is -0.250. The summed E-state index contributed by atoms with van der Waals surface area (Å²) in [6.07, 6.45) is 0. The van der Waals surface area contributed by atoms with Gasteiger partial charge in [-0.25, -0.2) is 0 Å². The zero-order valence-electron chi connectivity index (χ0n) is 3.22. The van der Waals surface area contributed by atoms with Gasteiger partial charge in [0, 0.05) is 0 Å². The normalized spacial score (nSPS) is 4.86. The van der Waals surface area contributed by atoms with Crippen LogP contribution in [0.4, 0.5) is 0 Å². The number of aliphatic hydroxyl groups is 2. The van der Waals surface area contributed by atoms with E-state index in [1.807, 2.05) is 0 Å². The molecule has 0 aromatic rings. The predicted octanol–water partition coefficient (Wildman–Crippen LogP) is -2.71. The van der Waals surface area contributed by atoms with Crippen molar-refractivity contribution in [1.29, 1.82) is 0 Å². The van der Waals surface area contributed by atoms with Crippen LogP contribution in [0.3, 0.4) is 0 Å². The molecule has 2 N–H and O–H groups in total. The van der Waals surface area contributed by atoms with Crippen LogP contribution < -0.4 is 0 Å². The summed E-state index contributed by atoms with van der Waals surface area (Å²) in [7, 11) is 0. The van der Waals surface area contributed by atoms with Crippen molar-refractivity contribution < 1.29 is 13.3 Å². The predicted molar refractivity (Wildman–Crippen MR) is 30.6 cm³/mol. The molecular formula is C2H9InO3Sn. The summed E-state index contributed by atoms with van der Waals surface area (Å²) in [5, 5.41) is 15.2. The molecule has 0 rings (SSSR count). The minimum absolute atomic E-state index is 0. The van der Waals surface area contributed by atoms with Crippen LogP contribution in [-0.4, -0.2) is 71.8 Å². The van der Waals surface area contributed by atoms with Gasteiger partial charge in [0.15, 0.2) is 0 Å². The Bertz CT molecular complexity index is 20.4. The van der Waals surface area contributed by atoms with Gasteiger partial charge >= 0.3 is 51.4 Å². The molecule has 0 aliphatic carbocycles. The number of hydrogen-bond donors (Lipinski definition) is 2. The second-order valence-electron chi connectivity index (χ2n) is 0.447. The number of rotatable bonds is 1. The molecule has 0 bridgehead atoms. The van der Waals surface area contributed by atoms with Crippen molar-refractivity contribution in [2.24, 2.45) is 0 Å². The van der Waals surface area contributed by atoms with Crippen LogP contribution >= 0.6 is 0 Å². The summed E-state index contributed by atoms with van der Waals surface area (Å²) in [4.78, 5) is 0. The van der Waals surface area contributed by atoms with E-state index >= 15 is 0 Å². The van der Waals surface area contributed by atoms with E-state index in [9.17, 15) is 0 Å². The van der Waals surface area contributed by atoms with Crippen molar-refractivity contribution >= 4 is 48.4 Å². The first-order valence-electron chi connectivity index (χ1n) is 1.34. The molecular weight excluding hydrogens is 306 g/mol. The standard InChI is InChI=1S/C2H6O2.In.O.Sn.3H/c3-1-2-4;;;;;;/h3-4H,1-2H2;;;;;;. The number of aliphatic hydroxyl groups excluding tert-OH is 2. The first-order valence-corrected chi connectivity index (χ1v) is 2.50. The van der Waals surface area contributed by atoms with Crippen molar-refractivity contribution in [2.75, 3.05) is 13.2 Å². The third kappa shape index (κ3) is 37.6. The monoisotopic (exact) mass is 316 g/mol. The molecule has 0 aliphatic rings. The third-order valence-corrected chi connectivity index (χ3v) is 0.1000. The molecule has 0 atom stereocenters. The first-order chi connectivity index (χ1) is 2.91. The van der Waals surface area contributed by atoms with E-state index in [-0.39, 0.29) is 39.1 Å². The molecule has 0 aromatic carbocycles. The summed E-state index contributed by atoms with van der Waals surface area (Å²) in [6, 6.07) is 0. The average molecular weight is 315 g/mol. The molecule has 0 aromatic heterocycles. The topological polar surface area (TPSA) is 57.5 Å². The van der Waals surface area contributed by atoms with E-state index in [0.717, 1.165) is 0 Å². The molecule has 0 spiro atoms. The van der Waals surface area contributed by atoms with Gasteiger partial charge in [0.05, 0.1) is 13.2 Å². The quantitative estimate of drug-likeness (QED) is 0.518. The third-order valence-electron chi connectivity index (χ3n) is 0.1000. The molecule has 5 heteroatoms. The van der Waals surface area contributed by atoms with Crippen LogP contribution in [0.25, 0.3) is 0 Å². The number of hydrogen-bond acceptors (Lipinski definition) is 3. The van der Waals surface area contributed by atoms with E-state index in [4.69, 9.17) is 13.3 Å². The molecule has 0 aliphatic heterocycles. The van der Waals surface area contributed by atoms with Crippen LogP contribution in [0, 0.1) is 0 Å². The van der Waals surface area contributed by atoms with Gasteiger partial charge in [-0.15, -0.1) is 0 Å². The molecule has 0 fully saturated rings. The van der Waals surface area contributed by atoms with Gasteiger partial charge in [0.2, 0.25) is 0 Å². The van der Waals surface area contributed by atoms with Crippen molar-refractivity contribution in [3.63, 3.8) is 0 Å². The molecule has 42 valence electrons. The van der Waals surface area contributed by atoms with E-state index in [2.05, 4.69) is 0 Å². The van der Waals surface area contributed by atoms with Crippen LogP contribution in [0.2, 0.25) is 0 Å². The molecule has 7 heavy (non-hydrogen) atoms. The van der Waals surface area contributed by atoms with E-state index in [0.29, 0.717) is 22.5 Å². The Morgan fingerprint density at radius 2 is 1.29 bits per heavy atom. The Balaban J connectivity index is -0.0000000480. The Labute approximate surface area is 74.4 Å². The summed E-state index contributed by atoms with van der Waals surface area (Å²) in [5.74, 6) is 0. The Morgan fingerprint density at radius 3 is 1.29 bits per heavy atom. The summed E-state index contributed by atoms with van der Waals surface area (Å²) < 4.78 is 8.34. The maximum absolute atomic E-state index is 8.34. The zero-order valence-corrected chi connectivity index (χ0v) is 6.07. The minimum atomic E-state index is -0.125. The fourth-order valence-corrected chi connectivity index (χ4v) is 0. The second-order valence-corrected chi connectivity index (χ2v) is 0.447. The van der Waals surface area contributed by atoms with E-state index in [1.54, 1.807) is 0 Å². The van der Waals surface area contributed by atoms with E-state index in [1.165, 1.54) is 0 Å².